The van der Waals surface area contributed by atoms with Gasteiger partial charge in [-0.1, -0.05) is 6.92 Å². The molecule has 1 unspecified atom stereocenters. The van der Waals surface area contributed by atoms with Crippen LogP contribution >= 0.6 is 0 Å². The van der Waals surface area contributed by atoms with E-state index in [9.17, 15) is 4.79 Å². The number of rotatable bonds is 7. The number of carboxylic acids is 1. The van der Waals surface area contributed by atoms with Gasteiger partial charge in [-0.2, -0.15) is 0 Å². The van der Waals surface area contributed by atoms with Crippen LogP contribution in [0.25, 0.3) is 0 Å². The zero-order valence-electron chi connectivity index (χ0n) is 8.49. The van der Waals surface area contributed by atoms with Crippen molar-refractivity contribution in [1.82, 2.24) is 4.90 Å². The Morgan fingerprint density at radius 1 is 1.62 bits per heavy atom. The Balaban J connectivity index is 3.94. The molecule has 0 aliphatic carbocycles. The van der Waals surface area contributed by atoms with Gasteiger partial charge in [-0.25, -0.2) is 0 Å². The maximum atomic E-state index is 10.5. The fraction of sp³-hybridized carbons (Fsp3) is 0.889. The topological polar surface area (TPSA) is 66.6 Å². The first-order valence-electron chi connectivity index (χ1n) is 4.77. The minimum absolute atomic E-state index is 0.120. The minimum Gasteiger partial charge on any atom is -0.480 e. The molecule has 0 heterocycles. The lowest BCUT2D eigenvalue weighted by molar-refractivity contribution is -0.138. The van der Waals surface area contributed by atoms with Gasteiger partial charge in [-0.3, -0.25) is 9.69 Å². The third-order valence-electron chi connectivity index (χ3n) is 2.20. The van der Waals surface area contributed by atoms with Crippen LogP contribution < -0.4 is 5.73 Å². The first-order chi connectivity index (χ1) is 6.11. The van der Waals surface area contributed by atoms with Gasteiger partial charge in [0, 0.05) is 12.6 Å². The average molecular weight is 188 g/mol. The van der Waals surface area contributed by atoms with Crippen molar-refractivity contribution in [3.05, 3.63) is 0 Å². The Morgan fingerprint density at radius 3 is 2.62 bits per heavy atom. The second kappa shape index (κ2) is 6.86. The monoisotopic (exact) mass is 188 g/mol. The van der Waals surface area contributed by atoms with Crippen molar-refractivity contribution in [3.8, 4) is 0 Å². The Morgan fingerprint density at radius 2 is 2.23 bits per heavy atom. The summed E-state index contributed by atoms with van der Waals surface area (Å²) in [4.78, 5) is 12.5. The van der Waals surface area contributed by atoms with Crippen LogP contribution in [0.3, 0.4) is 0 Å². The standard InChI is InChI=1S/C9H20N2O2/c1-3-8(2)11(6-4-5-10)7-9(12)13/h8H,3-7,10H2,1-2H3,(H,12,13). The van der Waals surface area contributed by atoms with E-state index < -0.39 is 5.97 Å². The maximum absolute atomic E-state index is 10.5. The molecule has 0 aromatic rings. The molecule has 0 spiro atoms. The number of nitrogens with two attached hydrogens (primary N) is 1. The van der Waals surface area contributed by atoms with Gasteiger partial charge in [0.15, 0.2) is 0 Å². The molecule has 13 heavy (non-hydrogen) atoms. The molecular weight excluding hydrogens is 168 g/mol. The van der Waals surface area contributed by atoms with Crippen LogP contribution in [-0.4, -0.2) is 41.7 Å². The van der Waals surface area contributed by atoms with E-state index in [1.54, 1.807) is 0 Å². The van der Waals surface area contributed by atoms with Crippen LogP contribution in [0.2, 0.25) is 0 Å². The van der Waals surface area contributed by atoms with E-state index in [0.717, 1.165) is 19.4 Å². The summed E-state index contributed by atoms with van der Waals surface area (Å²) < 4.78 is 0. The lowest BCUT2D eigenvalue weighted by Gasteiger charge is -2.26. The molecule has 0 rings (SSSR count). The summed E-state index contributed by atoms with van der Waals surface area (Å²) >= 11 is 0. The summed E-state index contributed by atoms with van der Waals surface area (Å²) in [6.45, 7) is 5.61. The summed E-state index contributed by atoms with van der Waals surface area (Å²) in [6, 6.07) is 0.322. The molecule has 78 valence electrons. The smallest absolute Gasteiger partial charge is 0.317 e. The molecule has 0 radical (unpaired) electrons. The number of carbonyl (C=O) groups is 1. The van der Waals surface area contributed by atoms with Crippen LogP contribution in [-0.2, 0) is 4.79 Å². The first-order valence-corrected chi connectivity index (χ1v) is 4.77. The summed E-state index contributed by atoms with van der Waals surface area (Å²) in [5, 5.41) is 8.65. The Hall–Kier alpha value is -0.610. The van der Waals surface area contributed by atoms with Crippen molar-refractivity contribution >= 4 is 5.97 Å². The second-order valence-electron chi connectivity index (χ2n) is 3.26. The van der Waals surface area contributed by atoms with Crippen molar-refractivity contribution in [2.75, 3.05) is 19.6 Å². The molecule has 0 amide bonds. The zero-order chi connectivity index (χ0) is 10.3. The SMILES string of the molecule is CCC(C)N(CCCN)CC(=O)O. The van der Waals surface area contributed by atoms with Gasteiger partial charge in [-0.05, 0) is 26.3 Å². The molecule has 0 aromatic carbocycles. The highest BCUT2D eigenvalue weighted by Crippen LogP contribution is 2.03. The summed E-state index contributed by atoms with van der Waals surface area (Å²) in [5.74, 6) is -0.766. The fourth-order valence-corrected chi connectivity index (χ4v) is 1.18. The van der Waals surface area contributed by atoms with Gasteiger partial charge in [0.2, 0.25) is 0 Å². The van der Waals surface area contributed by atoms with E-state index in [1.165, 1.54) is 0 Å². The third kappa shape index (κ3) is 5.60. The maximum Gasteiger partial charge on any atom is 0.317 e. The Bertz CT molecular complexity index is 151. The molecule has 0 saturated heterocycles. The van der Waals surface area contributed by atoms with Gasteiger partial charge < -0.3 is 10.8 Å². The summed E-state index contributed by atoms with van der Waals surface area (Å²) in [5.41, 5.74) is 5.38. The van der Waals surface area contributed by atoms with Crippen molar-refractivity contribution in [2.45, 2.75) is 32.7 Å². The molecule has 0 aromatic heterocycles. The predicted octanol–water partition coefficient (Wildman–Crippen LogP) is 0.520. The molecule has 0 saturated carbocycles. The van der Waals surface area contributed by atoms with Gasteiger partial charge >= 0.3 is 5.97 Å². The largest absolute Gasteiger partial charge is 0.480 e. The Kier molecular flexibility index (Phi) is 6.54. The van der Waals surface area contributed by atoms with Gasteiger partial charge in [0.05, 0.1) is 6.54 Å². The fourth-order valence-electron chi connectivity index (χ4n) is 1.18. The quantitative estimate of drug-likeness (QED) is 0.611. The predicted molar refractivity (Wildman–Crippen MR) is 52.6 cm³/mol. The van der Waals surface area contributed by atoms with E-state index in [0.29, 0.717) is 12.6 Å². The lowest BCUT2D eigenvalue weighted by atomic mass is 10.2. The van der Waals surface area contributed by atoms with E-state index in [1.807, 2.05) is 11.8 Å². The number of nitrogens with zero attached hydrogens (tertiary/aromatic N) is 1. The Labute approximate surface area is 79.7 Å². The summed E-state index contributed by atoms with van der Waals surface area (Å²) in [7, 11) is 0. The number of carboxylic acid groups (broad SMARTS) is 1. The summed E-state index contributed by atoms with van der Waals surface area (Å²) in [6.07, 6.45) is 1.83. The van der Waals surface area contributed by atoms with Crippen LogP contribution in [0, 0.1) is 0 Å². The van der Waals surface area contributed by atoms with E-state index >= 15 is 0 Å². The van der Waals surface area contributed by atoms with E-state index in [2.05, 4.69) is 6.92 Å². The van der Waals surface area contributed by atoms with E-state index in [4.69, 9.17) is 10.8 Å². The van der Waals surface area contributed by atoms with Crippen molar-refractivity contribution in [3.63, 3.8) is 0 Å². The van der Waals surface area contributed by atoms with E-state index in [-0.39, 0.29) is 6.54 Å². The zero-order valence-corrected chi connectivity index (χ0v) is 8.49. The normalized spacial score (nSPS) is 13.2. The molecular formula is C9H20N2O2. The first kappa shape index (κ1) is 12.4. The third-order valence-corrected chi connectivity index (χ3v) is 2.20. The van der Waals surface area contributed by atoms with Gasteiger partial charge in [0.1, 0.15) is 0 Å². The van der Waals surface area contributed by atoms with Crippen LogP contribution in [0.15, 0.2) is 0 Å². The number of hydrogen-bond acceptors (Lipinski definition) is 3. The highest BCUT2D eigenvalue weighted by Gasteiger charge is 2.14. The lowest BCUT2D eigenvalue weighted by Crippen LogP contribution is -2.38. The van der Waals surface area contributed by atoms with Gasteiger partial charge in [0.25, 0.3) is 0 Å². The molecule has 0 bridgehead atoms. The molecule has 4 heteroatoms. The van der Waals surface area contributed by atoms with Crippen molar-refractivity contribution in [2.24, 2.45) is 5.73 Å². The number of aliphatic carboxylic acids is 1. The van der Waals surface area contributed by atoms with Crippen molar-refractivity contribution in [1.29, 1.82) is 0 Å². The molecule has 1 atom stereocenters. The van der Waals surface area contributed by atoms with Crippen LogP contribution in [0.5, 0.6) is 0 Å². The molecule has 3 N–H and O–H groups in total. The molecule has 0 fully saturated rings. The van der Waals surface area contributed by atoms with Crippen LogP contribution in [0.1, 0.15) is 26.7 Å². The van der Waals surface area contributed by atoms with Crippen molar-refractivity contribution < 1.29 is 9.90 Å². The van der Waals surface area contributed by atoms with Crippen LogP contribution in [0.4, 0.5) is 0 Å². The highest BCUT2D eigenvalue weighted by atomic mass is 16.4. The highest BCUT2D eigenvalue weighted by molar-refractivity contribution is 5.69. The molecule has 4 nitrogen and oxygen atoms in total. The number of hydrogen-bond donors (Lipinski definition) is 2. The molecule has 0 aliphatic rings. The minimum atomic E-state index is -0.766. The van der Waals surface area contributed by atoms with Gasteiger partial charge in [-0.15, -0.1) is 0 Å². The second-order valence-corrected chi connectivity index (χ2v) is 3.26. The molecule has 0 aliphatic heterocycles. The average Bonchev–Trinajstić information content (AvgIpc) is 2.10.